The zero-order valence-corrected chi connectivity index (χ0v) is 10.7. The van der Waals surface area contributed by atoms with Gasteiger partial charge in [-0.1, -0.05) is 17.7 Å². The fourth-order valence-corrected chi connectivity index (χ4v) is 2.92. The smallest absolute Gasteiger partial charge is 0.187 e. The van der Waals surface area contributed by atoms with Gasteiger partial charge < -0.3 is 4.90 Å². The third-order valence-electron chi connectivity index (χ3n) is 2.30. The largest absolute Gasteiger partial charge is 0.349 e. The third kappa shape index (κ3) is 2.14. The lowest BCUT2D eigenvalue weighted by Gasteiger charge is -2.23. The second-order valence-electron chi connectivity index (χ2n) is 3.18. The van der Waals surface area contributed by atoms with Crippen LogP contribution in [0.25, 0.3) is 0 Å². The first-order valence-electron chi connectivity index (χ1n) is 4.44. The normalized spacial score (nSPS) is 12.7. The summed E-state index contributed by atoms with van der Waals surface area (Å²) in [5.41, 5.74) is 0. The maximum Gasteiger partial charge on any atom is 0.187 e. The lowest BCUT2D eigenvalue weighted by Crippen LogP contribution is -2.21. The van der Waals surface area contributed by atoms with E-state index in [0.717, 1.165) is 17.5 Å². The van der Waals surface area contributed by atoms with Crippen LogP contribution in [0.15, 0.2) is 17.5 Å². The lowest BCUT2D eigenvalue weighted by molar-refractivity contribution is 0.746. The van der Waals surface area contributed by atoms with E-state index in [0.29, 0.717) is 5.15 Å². The van der Waals surface area contributed by atoms with Gasteiger partial charge in [0.25, 0.3) is 0 Å². The van der Waals surface area contributed by atoms with Crippen LogP contribution < -0.4 is 4.90 Å². The Morgan fingerprint density at radius 1 is 1.47 bits per heavy atom. The van der Waals surface area contributed by atoms with Gasteiger partial charge in [-0.05, 0) is 18.4 Å². The number of anilines is 1. The summed E-state index contributed by atoms with van der Waals surface area (Å²) in [6.45, 7) is 2.13. The molecule has 0 aromatic carbocycles. The maximum absolute atomic E-state index is 5.94. The zero-order valence-electron chi connectivity index (χ0n) is 8.35. The molecule has 15 heavy (non-hydrogen) atoms. The van der Waals surface area contributed by atoms with Crippen molar-refractivity contribution in [2.24, 2.45) is 0 Å². The van der Waals surface area contributed by atoms with Crippen molar-refractivity contribution < 1.29 is 0 Å². The van der Waals surface area contributed by atoms with E-state index < -0.39 is 0 Å². The summed E-state index contributed by atoms with van der Waals surface area (Å²) >= 11 is 8.81. The molecule has 3 nitrogen and oxygen atoms in total. The minimum atomic E-state index is 0.270. The fraction of sp³-hybridized carbons (Fsp3) is 0.333. The third-order valence-corrected chi connectivity index (χ3v) is 4.22. The van der Waals surface area contributed by atoms with Gasteiger partial charge in [0.15, 0.2) is 11.0 Å². The zero-order chi connectivity index (χ0) is 10.8. The monoisotopic (exact) mass is 259 g/mol. The molecule has 0 spiro atoms. The Morgan fingerprint density at radius 2 is 2.27 bits per heavy atom. The first-order chi connectivity index (χ1) is 7.20. The molecule has 1 unspecified atom stereocenters. The highest BCUT2D eigenvalue weighted by Gasteiger charge is 2.18. The van der Waals surface area contributed by atoms with Crippen molar-refractivity contribution in [3.8, 4) is 0 Å². The molecule has 0 radical (unpaired) electrons. The van der Waals surface area contributed by atoms with Gasteiger partial charge in [-0.2, -0.15) is 8.75 Å². The first kappa shape index (κ1) is 10.9. The number of aromatic nitrogens is 2. The number of hydrogen-bond acceptors (Lipinski definition) is 5. The van der Waals surface area contributed by atoms with Gasteiger partial charge in [0.05, 0.1) is 17.8 Å². The van der Waals surface area contributed by atoms with Crippen molar-refractivity contribution >= 4 is 40.5 Å². The second-order valence-corrected chi connectivity index (χ2v) is 5.05. The molecule has 0 amide bonds. The highest BCUT2D eigenvalue weighted by Crippen LogP contribution is 2.30. The number of rotatable bonds is 3. The summed E-state index contributed by atoms with van der Waals surface area (Å²) in [6, 6.07) is 4.43. The average molecular weight is 260 g/mol. The van der Waals surface area contributed by atoms with Crippen LogP contribution in [0.3, 0.4) is 0 Å². The van der Waals surface area contributed by atoms with Crippen molar-refractivity contribution in [3.63, 3.8) is 0 Å². The molecule has 0 bridgehead atoms. The summed E-state index contributed by atoms with van der Waals surface area (Å²) in [6.07, 6.45) is 0. The van der Waals surface area contributed by atoms with E-state index in [1.807, 2.05) is 18.0 Å². The average Bonchev–Trinajstić information content (AvgIpc) is 2.85. The van der Waals surface area contributed by atoms with Gasteiger partial charge >= 0.3 is 0 Å². The topological polar surface area (TPSA) is 29.0 Å². The molecule has 0 aliphatic heterocycles. The summed E-state index contributed by atoms with van der Waals surface area (Å²) in [7, 11) is 1.98. The van der Waals surface area contributed by atoms with Crippen molar-refractivity contribution in [2.45, 2.75) is 13.0 Å². The quantitative estimate of drug-likeness (QED) is 0.845. The summed E-state index contributed by atoms with van der Waals surface area (Å²) < 4.78 is 8.13. The SMILES string of the molecule is CC(c1cccs1)N(C)c1nsnc1Cl. The molecule has 2 aromatic heterocycles. The van der Waals surface area contributed by atoms with Crippen molar-refractivity contribution in [1.82, 2.24) is 8.75 Å². The lowest BCUT2D eigenvalue weighted by atomic mass is 10.2. The van der Waals surface area contributed by atoms with Crippen LogP contribution >= 0.6 is 34.7 Å². The molecule has 0 saturated carbocycles. The van der Waals surface area contributed by atoms with E-state index in [-0.39, 0.29) is 6.04 Å². The summed E-state index contributed by atoms with van der Waals surface area (Å²) in [4.78, 5) is 3.33. The van der Waals surface area contributed by atoms with Gasteiger partial charge in [0.1, 0.15) is 0 Å². The molecule has 0 aliphatic rings. The van der Waals surface area contributed by atoms with Gasteiger partial charge in [0.2, 0.25) is 0 Å². The Balaban J connectivity index is 2.22. The van der Waals surface area contributed by atoms with E-state index >= 15 is 0 Å². The maximum atomic E-state index is 5.94. The van der Waals surface area contributed by atoms with Crippen molar-refractivity contribution in [1.29, 1.82) is 0 Å². The second kappa shape index (κ2) is 4.47. The molecule has 0 fully saturated rings. The van der Waals surface area contributed by atoms with Crippen LogP contribution in [0.5, 0.6) is 0 Å². The van der Waals surface area contributed by atoms with E-state index in [1.165, 1.54) is 4.88 Å². The molecule has 2 rings (SSSR count). The molecular formula is C9H10ClN3S2. The predicted molar refractivity (Wildman–Crippen MR) is 66.1 cm³/mol. The van der Waals surface area contributed by atoms with Gasteiger partial charge in [-0.3, -0.25) is 0 Å². The number of halogens is 1. The molecule has 1 atom stereocenters. The molecule has 0 saturated heterocycles. The molecule has 6 heteroatoms. The van der Waals surface area contributed by atoms with E-state index in [2.05, 4.69) is 27.1 Å². The number of hydrogen-bond donors (Lipinski definition) is 0. The van der Waals surface area contributed by atoms with E-state index in [9.17, 15) is 0 Å². The van der Waals surface area contributed by atoms with E-state index in [4.69, 9.17) is 11.6 Å². The summed E-state index contributed by atoms with van der Waals surface area (Å²) in [5, 5.41) is 2.55. The van der Waals surface area contributed by atoms with Crippen LogP contribution in [0.1, 0.15) is 17.8 Å². The van der Waals surface area contributed by atoms with Crippen LogP contribution in [-0.2, 0) is 0 Å². The standard InChI is InChI=1S/C9H10ClN3S2/c1-6(7-4-3-5-14-7)13(2)9-8(10)11-15-12-9/h3-6H,1-2H3. The molecule has 80 valence electrons. The van der Waals surface area contributed by atoms with Crippen LogP contribution in [0, 0.1) is 0 Å². The fourth-order valence-electron chi connectivity index (χ4n) is 1.29. The Morgan fingerprint density at radius 3 is 2.80 bits per heavy atom. The van der Waals surface area contributed by atoms with Gasteiger partial charge in [-0.15, -0.1) is 11.3 Å². The Labute approximate surface area is 102 Å². The Bertz CT molecular complexity index is 426. The minimum absolute atomic E-state index is 0.270. The minimum Gasteiger partial charge on any atom is -0.349 e. The molecule has 0 aliphatic carbocycles. The van der Waals surface area contributed by atoms with Crippen LogP contribution in [0.4, 0.5) is 5.82 Å². The first-order valence-corrected chi connectivity index (χ1v) is 6.43. The summed E-state index contributed by atoms with van der Waals surface area (Å²) in [5.74, 6) is 0.752. The van der Waals surface area contributed by atoms with Crippen LogP contribution in [-0.4, -0.2) is 15.8 Å². The van der Waals surface area contributed by atoms with Gasteiger partial charge in [0, 0.05) is 11.9 Å². The predicted octanol–water partition coefficient (Wildman–Crippen LogP) is 3.45. The Kier molecular flexibility index (Phi) is 3.23. The van der Waals surface area contributed by atoms with Crippen molar-refractivity contribution in [2.75, 3.05) is 11.9 Å². The van der Waals surface area contributed by atoms with Crippen LogP contribution in [0.2, 0.25) is 5.15 Å². The molecule has 0 N–H and O–H groups in total. The Hall–Kier alpha value is -0.650. The van der Waals surface area contributed by atoms with E-state index in [1.54, 1.807) is 11.3 Å². The highest BCUT2D eigenvalue weighted by atomic mass is 35.5. The molecular weight excluding hydrogens is 250 g/mol. The number of nitrogens with zero attached hydrogens (tertiary/aromatic N) is 3. The number of thiophene rings is 1. The highest BCUT2D eigenvalue weighted by molar-refractivity contribution is 7.10. The molecule has 2 aromatic rings. The van der Waals surface area contributed by atoms with Crippen molar-refractivity contribution in [3.05, 3.63) is 27.5 Å². The van der Waals surface area contributed by atoms with Gasteiger partial charge in [-0.25, -0.2) is 0 Å². The molecule has 2 heterocycles.